The quantitative estimate of drug-likeness (QED) is 0.217. The van der Waals surface area contributed by atoms with E-state index in [1.807, 2.05) is 0 Å². The third-order valence-electron chi connectivity index (χ3n) is 6.84. The number of aromatic nitrogens is 3. The van der Waals surface area contributed by atoms with Crippen molar-refractivity contribution in [3.63, 3.8) is 0 Å². The lowest BCUT2D eigenvalue weighted by Gasteiger charge is -2.29. The topological polar surface area (TPSA) is 59.8 Å². The summed E-state index contributed by atoms with van der Waals surface area (Å²) in [5.41, 5.74) is -3.73. The number of hydrogen-bond acceptors (Lipinski definition) is 3. The van der Waals surface area contributed by atoms with Gasteiger partial charge < -0.3 is 5.32 Å². The molecule has 2 heterocycles. The highest BCUT2D eigenvalue weighted by atomic mass is 79.9. The minimum absolute atomic E-state index is 0.103. The van der Waals surface area contributed by atoms with E-state index in [1.165, 1.54) is 6.20 Å². The molecule has 0 saturated heterocycles. The first-order chi connectivity index (χ1) is 19.7. The fraction of sp³-hybridized carbons (Fsp3) is 0.393. The van der Waals surface area contributed by atoms with Crippen molar-refractivity contribution in [3.8, 4) is 11.8 Å². The summed E-state index contributed by atoms with van der Waals surface area (Å²) in [5.74, 6) is -4.45. The number of carbonyl (C=O) groups excluding carboxylic acids is 1. The molecule has 1 saturated carbocycles. The monoisotopic (exact) mass is 660 g/mol. The molecule has 0 radical (unpaired) electrons. The summed E-state index contributed by atoms with van der Waals surface area (Å²) in [6.45, 7) is -1.11. The molecule has 222 valence electrons. The smallest absolute Gasteiger partial charge is 0.290 e. The summed E-state index contributed by atoms with van der Waals surface area (Å²) in [7, 11) is 0. The third-order valence-corrected chi connectivity index (χ3v) is 7.47. The van der Waals surface area contributed by atoms with Gasteiger partial charge in [0.05, 0.1) is 17.3 Å². The predicted molar refractivity (Wildman–Crippen MR) is 137 cm³/mol. The minimum Gasteiger partial charge on any atom is -0.346 e. The molecule has 2 aliphatic rings. The Balaban J connectivity index is 1.47. The summed E-state index contributed by atoms with van der Waals surface area (Å²) in [6.07, 6.45) is -3.10. The largest absolute Gasteiger partial charge is 0.346 e. The molecule has 42 heavy (non-hydrogen) atoms. The number of halogens is 9. The molecule has 14 heteroatoms. The number of rotatable bonds is 7. The van der Waals surface area contributed by atoms with Crippen molar-refractivity contribution in [1.29, 1.82) is 0 Å². The van der Waals surface area contributed by atoms with Crippen molar-refractivity contribution in [2.75, 3.05) is 0 Å². The Kier molecular flexibility index (Phi) is 8.08. The van der Waals surface area contributed by atoms with Crippen LogP contribution in [0.5, 0.6) is 0 Å². The van der Waals surface area contributed by atoms with Crippen LogP contribution in [0.25, 0.3) is 0 Å². The van der Waals surface area contributed by atoms with Gasteiger partial charge in [0.2, 0.25) is 5.91 Å². The number of hydrogen-bond donors (Lipinski definition) is 1. The second kappa shape index (κ2) is 11.3. The summed E-state index contributed by atoms with van der Waals surface area (Å²) < 4.78 is 114. The lowest BCUT2D eigenvalue weighted by molar-refractivity contribution is -0.123. The highest BCUT2D eigenvalue weighted by molar-refractivity contribution is 9.10. The molecular formula is C28H21BrF8N4O. The molecule has 2 aliphatic carbocycles. The number of fused-ring (bicyclic) bond motifs is 1. The molecule has 0 spiro atoms. The third kappa shape index (κ3) is 6.45. The maximum Gasteiger partial charge on any atom is 0.290 e. The Hall–Kier alpha value is -3.47. The Morgan fingerprint density at radius 1 is 1.05 bits per heavy atom. The van der Waals surface area contributed by atoms with Gasteiger partial charge in [-0.1, -0.05) is 11.8 Å². The maximum absolute atomic E-state index is 14.8. The van der Waals surface area contributed by atoms with E-state index in [0.717, 1.165) is 25.0 Å². The van der Waals surface area contributed by atoms with Crippen molar-refractivity contribution in [2.24, 2.45) is 5.92 Å². The van der Waals surface area contributed by atoms with Crippen molar-refractivity contribution >= 4 is 21.8 Å². The second-order valence-electron chi connectivity index (χ2n) is 10.2. The summed E-state index contributed by atoms with van der Waals surface area (Å²) >= 11 is 3.35. The Labute approximate surface area is 242 Å². The zero-order valence-electron chi connectivity index (χ0n) is 21.5. The maximum atomic E-state index is 14.8. The van der Waals surface area contributed by atoms with Gasteiger partial charge in [-0.3, -0.25) is 14.5 Å². The van der Waals surface area contributed by atoms with Crippen LogP contribution in [0.4, 0.5) is 35.1 Å². The van der Waals surface area contributed by atoms with Crippen LogP contribution in [-0.4, -0.2) is 20.7 Å². The van der Waals surface area contributed by atoms with Crippen molar-refractivity contribution in [3.05, 3.63) is 80.3 Å². The summed E-state index contributed by atoms with van der Waals surface area (Å²) in [6, 6.07) is 3.18. The van der Waals surface area contributed by atoms with Crippen LogP contribution >= 0.6 is 15.9 Å². The first kappa shape index (κ1) is 30.0. The molecule has 5 rings (SSSR count). The van der Waals surface area contributed by atoms with E-state index in [-0.39, 0.29) is 22.4 Å². The van der Waals surface area contributed by atoms with Crippen LogP contribution in [0.2, 0.25) is 0 Å². The number of benzene rings is 1. The number of amides is 1. The SMILES string of the molecule is O=C(Cn1nc(C(F)F)c2c1C(F)(F)CCC2(F)F)N[C@@H](Cc1cc(F)cc(F)c1)c1ncc(C#CC2CC2)cc1Br. The van der Waals surface area contributed by atoms with Gasteiger partial charge in [-0.2, -0.15) is 13.9 Å². The first-order valence-corrected chi connectivity index (χ1v) is 13.6. The van der Waals surface area contributed by atoms with Crippen LogP contribution in [0.15, 0.2) is 34.9 Å². The highest BCUT2D eigenvalue weighted by Crippen LogP contribution is 2.52. The van der Waals surface area contributed by atoms with E-state index in [9.17, 15) is 39.9 Å². The molecule has 3 aromatic rings. The first-order valence-electron chi connectivity index (χ1n) is 12.8. The molecule has 0 aliphatic heterocycles. The van der Waals surface area contributed by atoms with Gasteiger partial charge in [0, 0.05) is 41.1 Å². The molecule has 2 aromatic heterocycles. The number of alkyl halides is 6. The lowest BCUT2D eigenvalue weighted by Crippen LogP contribution is -2.37. The standard InChI is InChI=1S/C28H21BrF8N4O/c29-19-9-15(4-3-14-1-2-14)12-38-23(19)20(10-16-7-17(30)11-18(31)8-16)39-21(42)13-41-25-22(24(40-41)26(32)33)27(34,35)5-6-28(25,36)37/h7-9,11-12,14,20,26H,1-2,5-6,10,13H2,(H,39,42)/t20-/m0/s1. The molecular weight excluding hydrogens is 640 g/mol. The predicted octanol–water partition coefficient (Wildman–Crippen LogP) is 7.10. The summed E-state index contributed by atoms with van der Waals surface area (Å²) in [5, 5.41) is 5.78. The van der Waals surface area contributed by atoms with E-state index in [2.05, 4.69) is 43.2 Å². The van der Waals surface area contributed by atoms with E-state index >= 15 is 0 Å². The van der Waals surface area contributed by atoms with Gasteiger partial charge in [-0.25, -0.2) is 26.3 Å². The van der Waals surface area contributed by atoms with E-state index in [0.29, 0.717) is 22.0 Å². The number of pyridine rings is 1. The van der Waals surface area contributed by atoms with E-state index in [4.69, 9.17) is 0 Å². The normalized spacial score (nSPS) is 17.8. The van der Waals surface area contributed by atoms with Crippen LogP contribution in [0.3, 0.4) is 0 Å². The van der Waals surface area contributed by atoms with Crippen LogP contribution in [0, 0.1) is 29.4 Å². The average molecular weight is 661 g/mol. The van der Waals surface area contributed by atoms with Gasteiger partial charge >= 0.3 is 0 Å². The summed E-state index contributed by atoms with van der Waals surface area (Å²) in [4.78, 5) is 17.4. The van der Waals surface area contributed by atoms with Crippen molar-refractivity contribution in [1.82, 2.24) is 20.1 Å². The minimum atomic E-state index is -4.00. The Morgan fingerprint density at radius 2 is 1.71 bits per heavy atom. The number of carbonyl (C=O) groups is 1. The lowest BCUT2D eigenvalue weighted by atomic mass is 9.89. The Bertz CT molecular complexity index is 1570. The van der Waals surface area contributed by atoms with Gasteiger partial charge in [0.15, 0.2) is 0 Å². The van der Waals surface area contributed by atoms with Gasteiger partial charge in [-0.05, 0) is 59.0 Å². The Morgan fingerprint density at radius 3 is 2.33 bits per heavy atom. The molecule has 0 bridgehead atoms. The molecule has 1 aromatic carbocycles. The fourth-order valence-electron chi connectivity index (χ4n) is 4.78. The van der Waals surface area contributed by atoms with Crippen LogP contribution < -0.4 is 5.32 Å². The zero-order valence-corrected chi connectivity index (χ0v) is 23.1. The average Bonchev–Trinajstić information content (AvgIpc) is 3.62. The van der Waals surface area contributed by atoms with Crippen LogP contribution in [-0.2, 0) is 29.6 Å². The molecule has 1 atom stereocenters. The van der Waals surface area contributed by atoms with Gasteiger partial charge in [-0.15, -0.1) is 0 Å². The number of nitrogens with one attached hydrogen (secondary N) is 1. The molecule has 1 N–H and O–H groups in total. The van der Waals surface area contributed by atoms with Crippen LogP contribution in [0.1, 0.15) is 71.9 Å². The van der Waals surface area contributed by atoms with Gasteiger partial charge in [0.25, 0.3) is 18.3 Å². The second-order valence-corrected chi connectivity index (χ2v) is 11.1. The molecule has 0 unspecified atom stereocenters. The van der Waals surface area contributed by atoms with Gasteiger partial charge in [0.1, 0.15) is 29.6 Å². The molecule has 5 nitrogen and oxygen atoms in total. The zero-order chi connectivity index (χ0) is 30.4. The fourth-order valence-corrected chi connectivity index (χ4v) is 5.41. The van der Waals surface area contributed by atoms with E-state index < -0.39 is 78.2 Å². The van der Waals surface area contributed by atoms with Crippen molar-refractivity contribution < 1.29 is 39.9 Å². The highest BCUT2D eigenvalue weighted by Gasteiger charge is 2.55. The number of nitrogens with zero attached hydrogens (tertiary/aromatic N) is 3. The van der Waals surface area contributed by atoms with Crippen molar-refractivity contribution in [2.45, 2.75) is 63.0 Å². The van der Waals surface area contributed by atoms with E-state index in [1.54, 1.807) is 6.07 Å². The molecule has 1 amide bonds. The molecule has 1 fully saturated rings.